The van der Waals surface area contributed by atoms with Crippen LogP contribution in [0.2, 0.25) is 0 Å². The largest absolute Gasteiger partial charge is 0.376 e. The molecule has 0 bridgehead atoms. The summed E-state index contributed by atoms with van der Waals surface area (Å²) in [4.78, 5) is 11.9. The normalized spacial score (nSPS) is 22.4. The van der Waals surface area contributed by atoms with Crippen LogP contribution in [0.1, 0.15) is 18.4 Å². The van der Waals surface area contributed by atoms with Gasteiger partial charge < -0.3 is 24.8 Å². The molecule has 1 atom stereocenters. The Bertz CT molecular complexity index is 594. The van der Waals surface area contributed by atoms with Crippen molar-refractivity contribution in [1.82, 2.24) is 20.0 Å². The van der Waals surface area contributed by atoms with Gasteiger partial charge in [0.15, 0.2) is 5.96 Å². The van der Waals surface area contributed by atoms with Crippen LogP contribution >= 0.6 is 0 Å². The van der Waals surface area contributed by atoms with Crippen LogP contribution < -0.4 is 5.32 Å². The Morgan fingerprint density at radius 1 is 1.14 bits per heavy atom. The molecule has 0 aliphatic carbocycles. The lowest BCUT2D eigenvalue weighted by Gasteiger charge is -2.24. The summed E-state index contributed by atoms with van der Waals surface area (Å²) in [6, 6.07) is 10.4. The molecule has 2 heterocycles. The second-order valence-electron chi connectivity index (χ2n) is 8.07. The third kappa shape index (κ3) is 6.76. The maximum Gasteiger partial charge on any atom is 0.193 e. The van der Waals surface area contributed by atoms with Crippen molar-refractivity contribution >= 4 is 5.96 Å². The molecule has 6 heteroatoms. The van der Waals surface area contributed by atoms with Crippen LogP contribution in [0.15, 0.2) is 35.3 Å². The topological polar surface area (TPSA) is 43.3 Å². The van der Waals surface area contributed by atoms with E-state index in [2.05, 4.69) is 56.3 Å². The lowest BCUT2D eigenvalue weighted by Crippen LogP contribution is -2.44. The lowest BCUT2D eigenvalue weighted by molar-refractivity contribution is 0.0906. The maximum absolute atomic E-state index is 5.95. The molecule has 0 radical (unpaired) electrons. The minimum Gasteiger partial charge on any atom is -0.376 e. The van der Waals surface area contributed by atoms with Gasteiger partial charge in [0.1, 0.15) is 0 Å². The van der Waals surface area contributed by atoms with Gasteiger partial charge in [-0.2, -0.15) is 0 Å². The monoisotopic (exact) mass is 387 g/mol. The Hall–Kier alpha value is -1.63. The number of ether oxygens (including phenoxy) is 1. The number of nitrogens with one attached hydrogen (secondary N) is 1. The molecule has 1 aromatic carbocycles. The highest BCUT2D eigenvalue weighted by Gasteiger charge is 2.25. The molecular weight excluding hydrogens is 350 g/mol. The van der Waals surface area contributed by atoms with Crippen LogP contribution in [-0.2, 0) is 11.3 Å². The highest BCUT2D eigenvalue weighted by atomic mass is 16.5. The number of guanidine groups is 1. The van der Waals surface area contributed by atoms with E-state index in [-0.39, 0.29) is 0 Å². The highest BCUT2D eigenvalue weighted by Crippen LogP contribution is 2.17. The van der Waals surface area contributed by atoms with E-state index in [1.165, 1.54) is 44.6 Å². The molecule has 2 aliphatic rings. The molecule has 1 unspecified atom stereocenters. The molecule has 2 saturated heterocycles. The summed E-state index contributed by atoms with van der Waals surface area (Å²) in [5.74, 6) is 1.63. The summed E-state index contributed by atoms with van der Waals surface area (Å²) in [5.41, 5.74) is 1.24. The third-order valence-electron chi connectivity index (χ3n) is 5.79. The summed E-state index contributed by atoms with van der Waals surface area (Å²) >= 11 is 0. The van der Waals surface area contributed by atoms with E-state index in [0.717, 1.165) is 38.7 Å². The fraction of sp³-hybridized carbons (Fsp3) is 0.682. The van der Waals surface area contributed by atoms with Crippen molar-refractivity contribution in [3.05, 3.63) is 35.9 Å². The van der Waals surface area contributed by atoms with Crippen molar-refractivity contribution in [3.63, 3.8) is 0 Å². The van der Waals surface area contributed by atoms with E-state index in [9.17, 15) is 0 Å². The Kier molecular flexibility index (Phi) is 8.58. The predicted molar refractivity (Wildman–Crippen MR) is 116 cm³/mol. The van der Waals surface area contributed by atoms with Gasteiger partial charge in [0.25, 0.3) is 0 Å². The first-order valence-corrected chi connectivity index (χ1v) is 10.7. The number of hydrogen-bond acceptors (Lipinski definition) is 4. The third-order valence-corrected chi connectivity index (χ3v) is 5.79. The minimum absolute atomic E-state index is 0.586. The van der Waals surface area contributed by atoms with Gasteiger partial charge in [-0.3, -0.25) is 4.99 Å². The van der Waals surface area contributed by atoms with Crippen molar-refractivity contribution in [2.75, 3.05) is 73.1 Å². The highest BCUT2D eigenvalue weighted by molar-refractivity contribution is 5.80. The smallest absolute Gasteiger partial charge is 0.193 e. The average molecular weight is 388 g/mol. The van der Waals surface area contributed by atoms with E-state index in [1.54, 1.807) is 0 Å². The second-order valence-corrected chi connectivity index (χ2v) is 8.07. The number of nitrogens with zero attached hydrogens (tertiary/aromatic N) is 4. The van der Waals surface area contributed by atoms with Crippen LogP contribution in [0.3, 0.4) is 0 Å². The number of benzene rings is 1. The first-order valence-electron chi connectivity index (χ1n) is 10.7. The van der Waals surface area contributed by atoms with Gasteiger partial charge in [0.2, 0.25) is 0 Å². The van der Waals surface area contributed by atoms with Gasteiger partial charge in [-0.25, -0.2) is 0 Å². The van der Waals surface area contributed by atoms with E-state index in [1.807, 2.05) is 13.1 Å². The summed E-state index contributed by atoms with van der Waals surface area (Å²) in [6.45, 7) is 10.4. The first kappa shape index (κ1) is 21.1. The average Bonchev–Trinajstić information content (AvgIpc) is 3.08. The Labute approximate surface area is 170 Å². The molecule has 1 aromatic rings. The van der Waals surface area contributed by atoms with Crippen molar-refractivity contribution in [2.24, 2.45) is 10.9 Å². The minimum atomic E-state index is 0.586. The zero-order valence-corrected chi connectivity index (χ0v) is 17.6. The van der Waals surface area contributed by atoms with E-state index < -0.39 is 0 Å². The number of aliphatic imine (C=N–C) groups is 1. The standard InChI is InChI=1S/C22H37N5O/c1-23-22(24-10-14-26-12-6-11-25(2)15-16-26)27-13-9-21(17-27)19-28-18-20-7-4-3-5-8-20/h3-5,7-8,21H,6,9-19H2,1-2H3,(H,23,24). The summed E-state index contributed by atoms with van der Waals surface area (Å²) < 4.78 is 5.95. The van der Waals surface area contributed by atoms with Gasteiger partial charge in [0.05, 0.1) is 13.2 Å². The van der Waals surface area contributed by atoms with E-state index in [4.69, 9.17) is 4.74 Å². The van der Waals surface area contributed by atoms with Crippen molar-refractivity contribution < 1.29 is 4.74 Å². The van der Waals surface area contributed by atoms with E-state index in [0.29, 0.717) is 12.5 Å². The Morgan fingerprint density at radius 2 is 2.00 bits per heavy atom. The quantitative estimate of drug-likeness (QED) is 0.570. The summed E-state index contributed by atoms with van der Waals surface area (Å²) in [5, 5.41) is 3.57. The van der Waals surface area contributed by atoms with Crippen LogP contribution in [0, 0.1) is 5.92 Å². The van der Waals surface area contributed by atoms with Gasteiger partial charge in [-0.1, -0.05) is 30.3 Å². The van der Waals surface area contributed by atoms with Crippen LogP contribution in [0.4, 0.5) is 0 Å². The molecule has 28 heavy (non-hydrogen) atoms. The molecule has 2 aliphatic heterocycles. The number of likely N-dealkylation sites (tertiary alicyclic amines) is 1. The summed E-state index contributed by atoms with van der Waals surface area (Å²) in [7, 11) is 4.11. The van der Waals surface area contributed by atoms with Crippen molar-refractivity contribution in [2.45, 2.75) is 19.4 Å². The molecule has 2 fully saturated rings. The van der Waals surface area contributed by atoms with Gasteiger partial charge in [0, 0.05) is 52.2 Å². The van der Waals surface area contributed by atoms with Gasteiger partial charge >= 0.3 is 0 Å². The number of likely N-dealkylation sites (N-methyl/N-ethyl adjacent to an activating group) is 1. The zero-order valence-electron chi connectivity index (χ0n) is 17.6. The number of rotatable bonds is 7. The Morgan fingerprint density at radius 3 is 2.82 bits per heavy atom. The second kappa shape index (κ2) is 11.4. The molecule has 156 valence electrons. The molecule has 0 spiro atoms. The fourth-order valence-corrected chi connectivity index (χ4v) is 4.06. The van der Waals surface area contributed by atoms with Crippen molar-refractivity contribution in [1.29, 1.82) is 0 Å². The molecule has 0 aromatic heterocycles. The van der Waals surface area contributed by atoms with E-state index >= 15 is 0 Å². The predicted octanol–water partition coefficient (Wildman–Crippen LogP) is 1.74. The van der Waals surface area contributed by atoms with Crippen LogP contribution in [0.25, 0.3) is 0 Å². The zero-order chi connectivity index (χ0) is 19.6. The molecule has 0 saturated carbocycles. The van der Waals surface area contributed by atoms with Crippen molar-refractivity contribution in [3.8, 4) is 0 Å². The lowest BCUT2D eigenvalue weighted by atomic mass is 10.1. The fourth-order valence-electron chi connectivity index (χ4n) is 4.06. The summed E-state index contributed by atoms with van der Waals surface area (Å²) in [6.07, 6.45) is 2.44. The number of hydrogen-bond donors (Lipinski definition) is 1. The Balaban J connectivity index is 1.33. The molecule has 1 N–H and O–H groups in total. The molecular formula is C22H37N5O. The molecule has 0 amide bonds. The van der Waals surface area contributed by atoms with Crippen LogP contribution in [-0.4, -0.2) is 93.7 Å². The first-order chi connectivity index (χ1) is 13.7. The van der Waals surface area contributed by atoms with Crippen LogP contribution in [0.5, 0.6) is 0 Å². The van der Waals surface area contributed by atoms with Gasteiger partial charge in [-0.05, 0) is 38.5 Å². The SMILES string of the molecule is CN=C(NCCN1CCCN(C)CC1)N1CCC(COCc2ccccc2)C1. The molecule has 6 nitrogen and oxygen atoms in total. The maximum atomic E-state index is 5.95. The van der Waals surface area contributed by atoms with Gasteiger partial charge in [-0.15, -0.1) is 0 Å². The molecule has 3 rings (SSSR count).